The Morgan fingerprint density at radius 1 is 0.636 bits per heavy atom. The van der Waals surface area contributed by atoms with Gasteiger partial charge >= 0.3 is 0 Å². The molecule has 4 rings (SSSR count). The highest BCUT2D eigenvalue weighted by molar-refractivity contribution is 6.03. The van der Waals surface area contributed by atoms with Gasteiger partial charge in [0.1, 0.15) is 0 Å². The molecule has 116 valence electrons. The lowest BCUT2D eigenvalue weighted by Gasteiger charge is -2.33. The largest absolute Gasteiger partial charge is 0.378 e. The normalized spacial score (nSPS) is 19.6. The Morgan fingerprint density at radius 3 is 1.55 bits per heavy atom. The average molecular weight is 298 g/mol. The summed E-state index contributed by atoms with van der Waals surface area (Å²) in [5.41, 5.74) is 2.67. The molecule has 0 saturated carbocycles. The van der Waals surface area contributed by atoms with Gasteiger partial charge in [-0.3, -0.25) is 0 Å². The van der Waals surface area contributed by atoms with Crippen molar-refractivity contribution < 1.29 is 9.47 Å². The van der Waals surface area contributed by atoms with Crippen LogP contribution in [0.1, 0.15) is 0 Å². The summed E-state index contributed by atoms with van der Waals surface area (Å²) in [5, 5.41) is 2.68. The molecule has 2 saturated heterocycles. The van der Waals surface area contributed by atoms with Gasteiger partial charge in [-0.15, -0.1) is 0 Å². The van der Waals surface area contributed by atoms with Gasteiger partial charge in [-0.1, -0.05) is 24.3 Å². The Morgan fingerprint density at radius 2 is 1.09 bits per heavy atom. The van der Waals surface area contributed by atoms with Gasteiger partial charge in [0.25, 0.3) is 0 Å². The second kappa shape index (κ2) is 6.15. The number of anilines is 2. The van der Waals surface area contributed by atoms with Crippen molar-refractivity contribution in [2.45, 2.75) is 0 Å². The van der Waals surface area contributed by atoms with Crippen LogP contribution in [0, 0.1) is 0 Å². The maximum absolute atomic E-state index is 5.51. The van der Waals surface area contributed by atoms with Gasteiger partial charge in [0.15, 0.2) is 0 Å². The Bertz CT molecular complexity index is 594. The van der Waals surface area contributed by atoms with E-state index in [9.17, 15) is 0 Å². The van der Waals surface area contributed by atoms with Crippen LogP contribution in [0.5, 0.6) is 0 Å². The first kappa shape index (κ1) is 13.9. The van der Waals surface area contributed by atoms with E-state index in [0.717, 1.165) is 52.6 Å². The molecule has 0 bridgehead atoms. The third-order valence-corrected chi connectivity index (χ3v) is 4.56. The second-order valence-corrected chi connectivity index (χ2v) is 5.85. The van der Waals surface area contributed by atoms with Crippen molar-refractivity contribution >= 4 is 22.1 Å². The summed E-state index contributed by atoms with van der Waals surface area (Å²) in [4.78, 5) is 4.91. The monoisotopic (exact) mass is 298 g/mol. The minimum absolute atomic E-state index is 0.816. The average Bonchev–Trinajstić information content (AvgIpc) is 2.62. The highest BCUT2D eigenvalue weighted by Crippen LogP contribution is 2.35. The van der Waals surface area contributed by atoms with E-state index in [1.54, 1.807) is 0 Å². The molecule has 0 radical (unpaired) electrons. The topological polar surface area (TPSA) is 24.9 Å². The Hall–Kier alpha value is -1.78. The predicted octanol–water partition coefficient (Wildman–Crippen LogP) is 2.51. The van der Waals surface area contributed by atoms with Crippen molar-refractivity contribution in [1.29, 1.82) is 0 Å². The van der Waals surface area contributed by atoms with Gasteiger partial charge < -0.3 is 19.3 Å². The van der Waals surface area contributed by atoms with Crippen LogP contribution >= 0.6 is 0 Å². The number of nitrogens with zero attached hydrogens (tertiary/aromatic N) is 2. The number of fused-ring (bicyclic) bond motifs is 1. The lowest BCUT2D eigenvalue weighted by atomic mass is 10.0. The van der Waals surface area contributed by atoms with Crippen molar-refractivity contribution in [2.24, 2.45) is 0 Å². The first-order valence-corrected chi connectivity index (χ1v) is 8.10. The van der Waals surface area contributed by atoms with E-state index in [4.69, 9.17) is 9.47 Å². The minimum atomic E-state index is 0.816. The number of benzene rings is 2. The summed E-state index contributed by atoms with van der Waals surface area (Å²) < 4.78 is 11.0. The molecule has 2 aromatic rings. The van der Waals surface area contributed by atoms with Crippen LogP contribution in [-0.2, 0) is 9.47 Å². The lowest BCUT2D eigenvalue weighted by Crippen LogP contribution is -2.38. The molecule has 4 nitrogen and oxygen atoms in total. The van der Waals surface area contributed by atoms with Crippen LogP contribution in [0.25, 0.3) is 10.8 Å². The lowest BCUT2D eigenvalue weighted by molar-refractivity contribution is 0.122. The number of hydrogen-bond donors (Lipinski definition) is 0. The summed E-state index contributed by atoms with van der Waals surface area (Å²) in [6, 6.07) is 13.2. The van der Waals surface area contributed by atoms with E-state index >= 15 is 0 Å². The first-order valence-electron chi connectivity index (χ1n) is 8.10. The molecule has 4 heteroatoms. The van der Waals surface area contributed by atoms with Crippen LogP contribution < -0.4 is 9.80 Å². The maximum Gasteiger partial charge on any atom is 0.0642 e. The SMILES string of the molecule is c1cc(N2CCOCC2)c2c(N3CCOCC3)cccc2c1. The van der Waals surface area contributed by atoms with Crippen molar-refractivity contribution in [3.63, 3.8) is 0 Å². The van der Waals surface area contributed by atoms with Crippen molar-refractivity contribution in [3.8, 4) is 0 Å². The van der Waals surface area contributed by atoms with E-state index in [1.807, 2.05) is 0 Å². The molecule has 0 aromatic heterocycles. The molecule has 2 fully saturated rings. The van der Waals surface area contributed by atoms with Crippen LogP contribution in [0.4, 0.5) is 11.4 Å². The van der Waals surface area contributed by atoms with Crippen molar-refractivity contribution in [3.05, 3.63) is 36.4 Å². The smallest absolute Gasteiger partial charge is 0.0642 e. The highest BCUT2D eigenvalue weighted by atomic mass is 16.5. The molecule has 0 unspecified atom stereocenters. The van der Waals surface area contributed by atoms with E-state index < -0.39 is 0 Å². The fraction of sp³-hybridized carbons (Fsp3) is 0.444. The number of morpholine rings is 2. The maximum atomic E-state index is 5.51. The molecule has 0 aliphatic carbocycles. The number of hydrogen-bond acceptors (Lipinski definition) is 4. The van der Waals surface area contributed by atoms with Crippen molar-refractivity contribution in [2.75, 3.05) is 62.4 Å². The molecule has 0 N–H and O–H groups in total. The van der Waals surface area contributed by atoms with Gasteiger partial charge in [-0.05, 0) is 17.5 Å². The fourth-order valence-corrected chi connectivity index (χ4v) is 3.44. The van der Waals surface area contributed by atoms with Gasteiger partial charge in [0.2, 0.25) is 0 Å². The molecule has 2 heterocycles. The van der Waals surface area contributed by atoms with Crippen LogP contribution in [0.3, 0.4) is 0 Å². The Labute approximate surface area is 131 Å². The zero-order valence-corrected chi connectivity index (χ0v) is 12.8. The molecule has 22 heavy (non-hydrogen) atoms. The van der Waals surface area contributed by atoms with Crippen molar-refractivity contribution in [1.82, 2.24) is 0 Å². The highest BCUT2D eigenvalue weighted by Gasteiger charge is 2.19. The van der Waals surface area contributed by atoms with E-state index in [0.29, 0.717) is 0 Å². The zero-order valence-electron chi connectivity index (χ0n) is 12.8. The van der Waals surface area contributed by atoms with E-state index in [2.05, 4.69) is 46.2 Å². The Balaban J connectivity index is 1.82. The number of ether oxygens (including phenoxy) is 2. The summed E-state index contributed by atoms with van der Waals surface area (Å²) >= 11 is 0. The van der Waals surface area contributed by atoms with Crippen LogP contribution in [0.2, 0.25) is 0 Å². The first-order chi connectivity index (χ1) is 10.9. The zero-order chi connectivity index (χ0) is 14.8. The third-order valence-electron chi connectivity index (χ3n) is 4.56. The fourth-order valence-electron chi connectivity index (χ4n) is 3.44. The molecule has 0 amide bonds. The summed E-state index contributed by atoms with van der Waals surface area (Å²) in [6.07, 6.45) is 0. The second-order valence-electron chi connectivity index (χ2n) is 5.85. The van der Waals surface area contributed by atoms with Gasteiger partial charge in [0, 0.05) is 42.9 Å². The van der Waals surface area contributed by atoms with Gasteiger partial charge in [-0.25, -0.2) is 0 Å². The molecule has 0 atom stereocenters. The Kier molecular flexibility index (Phi) is 3.87. The molecule has 2 aromatic carbocycles. The number of rotatable bonds is 2. The molecule has 2 aliphatic rings. The summed E-state index contributed by atoms with van der Waals surface area (Å²) in [6.45, 7) is 7.14. The summed E-state index contributed by atoms with van der Waals surface area (Å²) in [5.74, 6) is 0. The molecular weight excluding hydrogens is 276 g/mol. The van der Waals surface area contributed by atoms with E-state index in [1.165, 1.54) is 22.1 Å². The minimum Gasteiger partial charge on any atom is -0.378 e. The van der Waals surface area contributed by atoms with E-state index in [-0.39, 0.29) is 0 Å². The summed E-state index contributed by atoms with van der Waals surface area (Å²) in [7, 11) is 0. The molecular formula is C18H22N2O2. The predicted molar refractivity (Wildman–Crippen MR) is 90.0 cm³/mol. The van der Waals surface area contributed by atoms with Crippen LogP contribution in [0.15, 0.2) is 36.4 Å². The van der Waals surface area contributed by atoms with Gasteiger partial charge in [0.05, 0.1) is 26.4 Å². The standard InChI is InChI=1S/C18H22N2O2/c1-3-15-4-2-6-17(20-9-13-22-14-10-20)18(15)16(5-1)19-7-11-21-12-8-19/h1-6H,7-14H2. The van der Waals surface area contributed by atoms with Crippen LogP contribution in [-0.4, -0.2) is 52.6 Å². The molecule has 2 aliphatic heterocycles. The molecule has 0 spiro atoms. The quantitative estimate of drug-likeness (QED) is 0.850. The van der Waals surface area contributed by atoms with Gasteiger partial charge in [-0.2, -0.15) is 0 Å². The third kappa shape index (κ3) is 2.53.